The highest BCUT2D eigenvalue weighted by Gasteiger charge is 2.76. The van der Waals surface area contributed by atoms with Crippen LogP contribution >= 0.6 is 0 Å². The molecule has 4 aliphatic heterocycles. The van der Waals surface area contributed by atoms with Gasteiger partial charge in [-0.2, -0.15) is 0 Å². The lowest BCUT2D eigenvalue weighted by Crippen LogP contribution is -2.61. The highest BCUT2D eigenvalue weighted by atomic mass is 16.6. The molecule has 1 spiro atoms. The van der Waals surface area contributed by atoms with E-state index in [0.717, 1.165) is 32.1 Å². The van der Waals surface area contributed by atoms with Crippen molar-refractivity contribution >= 4 is 17.8 Å². The van der Waals surface area contributed by atoms with Crippen molar-refractivity contribution in [3.05, 3.63) is 24.3 Å². The number of fused-ring (bicyclic) bond motifs is 2. The number of nitrogens with zero attached hydrogens (tertiary/aromatic N) is 2. The summed E-state index contributed by atoms with van der Waals surface area (Å²) in [5.74, 6) is -2.65. The number of hydrogen-bond acceptors (Lipinski definition) is 6. The van der Waals surface area contributed by atoms with Crippen LogP contribution in [0.4, 0.5) is 0 Å². The molecule has 2 amide bonds. The lowest BCUT2D eigenvalue weighted by molar-refractivity contribution is -0.165. The van der Waals surface area contributed by atoms with Gasteiger partial charge in [0.1, 0.15) is 23.2 Å². The van der Waals surface area contributed by atoms with Gasteiger partial charge in [-0.15, -0.1) is 0 Å². The molecule has 7 atom stereocenters. The van der Waals surface area contributed by atoms with Crippen molar-refractivity contribution in [2.45, 2.75) is 101 Å². The van der Waals surface area contributed by atoms with E-state index in [-0.39, 0.29) is 37.0 Å². The van der Waals surface area contributed by atoms with Gasteiger partial charge in [-0.3, -0.25) is 14.4 Å². The Morgan fingerprint density at radius 1 is 1.05 bits per heavy atom. The summed E-state index contributed by atoms with van der Waals surface area (Å²) in [4.78, 5) is 46.1. The molecule has 4 heterocycles. The second kappa shape index (κ2) is 10.2. The molecular formula is C29H42N2O6. The largest absolute Gasteiger partial charge is 0.465 e. The number of aliphatic hydroxyl groups excluding tert-OH is 1. The summed E-state index contributed by atoms with van der Waals surface area (Å²) in [5, 5.41) is 10.5. The third-order valence-corrected chi connectivity index (χ3v) is 9.73. The van der Waals surface area contributed by atoms with Gasteiger partial charge in [0.15, 0.2) is 0 Å². The van der Waals surface area contributed by atoms with Crippen LogP contribution in [0.1, 0.15) is 72.1 Å². The van der Waals surface area contributed by atoms with E-state index < -0.39 is 41.1 Å². The van der Waals surface area contributed by atoms with Crippen LogP contribution in [-0.2, 0) is 23.9 Å². The van der Waals surface area contributed by atoms with E-state index in [1.807, 2.05) is 50.0 Å². The fourth-order valence-corrected chi connectivity index (χ4v) is 7.58. The number of hydrogen-bond donors (Lipinski definition) is 1. The molecule has 3 fully saturated rings. The second-order valence-corrected chi connectivity index (χ2v) is 11.5. The molecule has 0 aromatic heterocycles. The van der Waals surface area contributed by atoms with Crippen molar-refractivity contribution in [2.24, 2.45) is 17.8 Å². The van der Waals surface area contributed by atoms with E-state index in [1.54, 1.807) is 4.90 Å². The maximum atomic E-state index is 14.6. The molecule has 204 valence electrons. The van der Waals surface area contributed by atoms with E-state index in [2.05, 4.69) is 0 Å². The molecule has 0 aromatic rings. The summed E-state index contributed by atoms with van der Waals surface area (Å²) in [5.41, 5.74) is -2.33. The molecule has 0 bridgehead atoms. The minimum Gasteiger partial charge on any atom is -0.465 e. The Bertz CT molecular complexity index is 973. The first-order valence-electron chi connectivity index (χ1n) is 14.3. The number of likely N-dealkylation sites (tertiary alicyclic amines) is 1. The molecule has 5 aliphatic rings. The highest BCUT2D eigenvalue weighted by molar-refractivity contribution is 5.99. The van der Waals surface area contributed by atoms with Gasteiger partial charge in [0, 0.05) is 12.6 Å². The van der Waals surface area contributed by atoms with Crippen molar-refractivity contribution in [1.82, 2.24) is 9.80 Å². The Hall–Kier alpha value is -2.19. The van der Waals surface area contributed by atoms with Gasteiger partial charge in [0.25, 0.3) is 0 Å². The Kier molecular flexibility index (Phi) is 7.26. The van der Waals surface area contributed by atoms with E-state index in [0.29, 0.717) is 19.4 Å². The van der Waals surface area contributed by atoms with Gasteiger partial charge in [0.05, 0.1) is 25.2 Å². The zero-order valence-electron chi connectivity index (χ0n) is 22.4. The van der Waals surface area contributed by atoms with Crippen LogP contribution in [0.2, 0.25) is 0 Å². The van der Waals surface area contributed by atoms with Crippen molar-refractivity contribution in [1.29, 1.82) is 0 Å². The van der Waals surface area contributed by atoms with Crippen LogP contribution in [0.15, 0.2) is 24.3 Å². The quantitative estimate of drug-likeness (QED) is 0.433. The standard InChI is InChI=1S/C29H42N2O6/c1-4-19(3)21(18-32)31-24-26(34)30(20-12-7-6-8-13-20)16-11-15-29(24)22(25(31)33)23-27(35)36-17-10-9-14-28(23,5-2)37-29/h9,11,14-15,19-24,32H,4-8,10,12-13,16-18H2,1-3H3/t19-,21-,22-,23+,24?,28-,29-/m0/s1. The average molecular weight is 515 g/mol. The number of rotatable bonds is 6. The van der Waals surface area contributed by atoms with Gasteiger partial charge in [0.2, 0.25) is 11.8 Å². The van der Waals surface area contributed by atoms with Crippen LogP contribution in [-0.4, -0.2) is 81.8 Å². The van der Waals surface area contributed by atoms with E-state index in [9.17, 15) is 19.5 Å². The number of cyclic esters (lactones) is 1. The Balaban J connectivity index is 1.67. The van der Waals surface area contributed by atoms with Gasteiger partial charge in [-0.1, -0.05) is 70.8 Å². The summed E-state index contributed by atoms with van der Waals surface area (Å²) in [7, 11) is 0. The molecule has 5 rings (SSSR count). The lowest BCUT2D eigenvalue weighted by Gasteiger charge is -2.43. The molecule has 0 radical (unpaired) electrons. The monoisotopic (exact) mass is 514 g/mol. The van der Waals surface area contributed by atoms with Crippen LogP contribution < -0.4 is 0 Å². The van der Waals surface area contributed by atoms with Gasteiger partial charge < -0.3 is 24.4 Å². The van der Waals surface area contributed by atoms with Crippen molar-refractivity contribution in [2.75, 3.05) is 19.8 Å². The average Bonchev–Trinajstić information content (AvgIpc) is 3.25. The van der Waals surface area contributed by atoms with E-state index >= 15 is 0 Å². The number of ether oxygens (including phenoxy) is 2. The third kappa shape index (κ3) is 3.97. The third-order valence-electron chi connectivity index (χ3n) is 9.73. The van der Waals surface area contributed by atoms with Gasteiger partial charge in [-0.25, -0.2) is 0 Å². The molecule has 2 saturated heterocycles. The summed E-state index contributed by atoms with van der Waals surface area (Å²) >= 11 is 0. The predicted octanol–water partition coefficient (Wildman–Crippen LogP) is 2.99. The molecule has 1 aliphatic carbocycles. The van der Waals surface area contributed by atoms with Crippen molar-refractivity contribution in [3.8, 4) is 0 Å². The highest BCUT2D eigenvalue weighted by Crippen LogP contribution is 2.59. The number of esters is 1. The molecule has 1 unspecified atom stereocenters. The topological polar surface area (TPSA) is 96.4 Å². The first kappa shape index (κ1) is 26.4. The second-order valence-electron chi connectivity index (χ2n) is 11.5. The first-order chi connectivity index (χ1) is 17.8. The Labute approximate surface area is 220 Å². The molecule has 37 heavy (non-hydrogen) atoms. The molecule has 8 nitrogen and oxygen atoms in total. The van der Waals surface area contributed by atoms with Gasteiger partial charge >= 0.3 is 5.97 Å². The Morgan fingerprint density at radius 3 is 2.49 bits per heavy atom. The molecular weight excluding hydrogens is 472 g/mol. The fourth-order valence-electron chi connectivity index (χ4n) is 7.58. The molecule has 8 heteroatoms. The van der Waals surface area contributed by atoms with E-state index in [4.69, 9.17) is 9.47 Å². The van der Waals surface area contributed by atoms with Gasteiger partial charge in [-0.05, 0) is 31.6 Å². The summed E-state index contributed by atoms with van der Waals surface area (Å²) in [6.07, 6.45) is 14.8. The summed E-state index contributed by atoms with van der Waals surface area (Å²) in [6, 6.07) is -1.36. The maximum Gasteiger partial charge on any atom is 0.313 e. The maximum absolute atomic E-state index is 14.6. The number of carbonyl (C=O) groups is 3. The molecule has 0 aromatic carbocycles. The molecule has 1 N–H and O–H groups in total. The lowest BCUT2D eigenvalue weighted by atomic mass is 9.73. The van der Waals surface area contributed by atoms with Crippen LogP contribution in [0.3, 0.4) is 0 Å². The zero-order chi connectivity index (χ0) is 26.4. The normalized spacial score (nSPS) is 37.8. The van der Waals surface area contributed by atoms with Crippen LogP contribution in [0, 0.1) is 17.8 Å². The van der Waals surface area contributed by atoms with Crippen molar-refractivity contribution < 1.29 is 29.0 Å². The summed E-state index contributed by atoms with van der Waals surface area (Å²) < 4.78 is 12.6. The number of amides is 2. The first-order valence-corrected chi connectivity index (χ1v) is 14.3. The van der Waals surface area contributed by atoms with Crippen molar-refractivity contribution in [3.63, 3.8) is 0 Å². The number of carbonyl (C=O) groups excluding carboxylic acids is 3. The SMILES string of the molecule is CC[C@H](C)[C@H](CO)N1C(=O)[C@@H]2[C@@H]3C(=O)OCCC=C[C@]3(CC)O[C@@]23C=CCN(C2CCCCC2)C(=O)C13. The van der Waals surface area contributed by atoms with Crippen LogP contribution in [0.5, 0.6) is 0 Å². The number of aliphatic hydroxyl groups is 1. The zero-order valence-corrected chi connectivity index (χ0v) is 22.4. The molecule has 1 saturated carbocycles. The minimum atomic E-state index is -1.30. The predicted molar refractivity (Wildman–Crippen MR) is 137 cm³/mol. The smallest absolute Gasteiger partial charge is 0.313 e. The van der Waals surface area contributed by atoms with E-state index in [1.165, 1.54) is 6.42 Å². The minimum absolute atomic E-state index is 0.0342. The fraction of sp³-hybridized carbons (Fsp3) is 0.759. The summed E-state index contributed by atoms with van der Waals surface area (Å²) in [6.45, 7) is 6.42. The Morgan fingerprint density at radius 2 is 1.81 bits per heavy atom. The van der Waals surface area contributed by atoms with Crippen LogP contribution in [0.25, 0.3) is 0 Å².